The van der Waals surface area contributed by atoms with Crippen LogP contribution < -0.4 is 4.74 Å². The largest absolute Gasteiger partial charge is 0.490 e. The van der Waals surface area contributed by atoms with Crippen LogP contribution in [0.25, 0.3) is 17.0 Å². The molecule has 1 aromatic heterocycles. The highest BCUT2D eigenvalue weighted by molar-refractivity contribution is 5.72. The minimum Gasteiger partial charge on any atom is -0.490 e. The van der Waals surface area contributed by atoms with Gasteiger partial charge in [0, 0.05) is 30.3 Å². The van der Waals surface area contributed by atoms with Crippen LogP contribution in [0.1, 0.15) is 45.0 Å². The molecule has 8 nitrogen and oxygen atoms in total. The zero-order chi connectivity index (χ0) is 24.4. The summed E-state index contributed by atoms with van der Waals surface area (Å²) in [6.45, 7) is 10.8. The molecule has 0 radical (unpaired) electrons. The van der Waals surface area contributed by atoms with Crippen LogP contribution in [-0.2, 0) is 4.79 Å². The van der Waals surface area contributed by atoms with Gasteiger partial charge >= 0.3 is 5.97 Å². The van der Waals surface area contributed by atoms with E-state index in [-0.39, 0.29) is 18.1 Å². The normalized spacial score (nSPS) is 21.4. The van der Waals surface area contributed by atoms with Crippen molar-refractivity contribution in [3.8, 4) is 23.3 Å². The van der Waals surface area contributed by atoms with Gasteiger partial charge in [0.15, 0.2) is 5.82 Å². The molecule has 0 spiro atoms. The predicted molar refractivity (Wildman–Crippen MR) is 127 cm³/mol. The van der Waals surface area contributed by atoms with Crippen molar-refractivity contribution in [2.75, 3.05) is 13.1 Å². The molecule has 1 aliphatic heterocycles. The number of likely N-dealkylation sites (tertiary alicyclic amines) is 1. The van der Waals surface area contributed by atoms with Gasteiger partial charge in [-0.05, 0) is 63.0 Å². The van der Waals surface area contributed by atoms with Crippen molar-refractivity contribution < 1.29 is 19.2 Å². The van der Waals surface area contributed by atoms with Gasteiger partial charge in [0.25, 0.3) is 5.89 Å². The van der Waals surface area contributed by atoms with Crippen LogP contribution in [0.3, 0.4) is 0 Å². The van der Waals surface area contributed by atoms with Gasteiger partial charge in [-0.2, -0.15) is 10.2 Å². The number of rotatable bonds is 7. The van der Waals surface area contributed by atoms with E-state index in [2.05, 4.69) is 27.7 Å². The summed E-state index contributed by atoms with van der Waals surface area (Å²) >= 11 is 0. The molecule has 2 heterocycles. The van der Waals surface area contributed by atoms with E-state index in [0.717, 1.165) is 29.6 Å². The highest BCUT2D eigenvalue weighted by Gasteiger charge is 2.41. The number of nitrogens with zero attached hydrogens (tertiary/aromatic N) is 4. The molecule has 1 saturated carbocycles. The molecule has 0 amide bonds. The standard InChI is InChI=1S/C26H28N4O4/c1-5-6-21-20(8-9-22(21)30-13-19(14-30)26(31)32)16(4)24-28-25(34-29-24)17-7-10-23(33-15(2)3)18(11-17)12-27/h5-7,10-11,15,19,22H,1,8-9,13-14H2,2-4H3,(H,31,32)/b20-16+,21-6?/t22-/m1/s1. The number of carbonyl (C=O) groups is 1. The quantitative estimate of drug-likeness (QED) is 0.644. The number of ether oxygens (including phenoxy) is 1. The van der Waals surface area contributed by atoms with E-state index in [4.69, 9.17) is 9.26 Å². The van der Waals surface area contributed by atoms with Crippen LogP contribution in [0.4, 0.5) is 0 Å². The second-order valence-corrected chi connectivity index (χ2v) is 8.92. The fourth-order valence-electron chi connectivity index (χ4n) is 4.56. The number of benzene rings is 1. The average molecular weight is 461 g/mol. The molecule has 34 heavy (non-hydrogen) atoms. The summed E-state index contributed by atoms with van der Waals surface area (Å²) in [7, 11) is 0. The summed E-state index contributed by atoms with van der Waals surface area (Å²) in [6, 6.07) is 7.56. The lowest BCUT2D eigenvalue weighted by Gasteiger charge is -2.41. The maximum absolute atomic E-state index is 11.2. The Kier molecular flexibility index (Phi) is 6.66. The van der Waals surface area contributed by atoms with Crippen molar-refractivity contribution in [1.29, 1.82) is 5.26 Å². The van der Waals surface area contributed by atoms with Crippen LogP contribution in [0.15, 0.2) is 52.6 Å². The van der Waals surface area contributed by atoms with Crippen molar-refractivity contribution in [1.82, 2.24) is 15.0 Å². The number of nitriles is 1. The van der Waals surface area contributed by atoms with Gasteiger partial charge in [-0.15, -0.1) is 0 Å². The maximum Gasteiger partial charge on any atom is 0.309 e. The van der Waals surface area contributed by atoms with Gasteiger partial charge in [0.2, 0.25) is 0 Å². The van der Waals surface area contributed by atoms with Gasteiger partial charge in [0.1, 0.15) is 11.8 Å². The van der Waals surface area contributed by atoms with Crippen LogP contribution in [0.5, 0.6) is 5.75 Å². The molecule has 2 aromatic rings. The summed E-state index contributed by atoms with van der Waals surface area (Å²) in [5, 5.41) is 22.9. The zero-order valence-electron chi connectivity index (χ0n) is 19.6. The van der Waals surface area contributed by atoms with Gasteiger partial charge in [-0.1, -0.05) is 23.9 Å². The first-order chi connectivity index (χ1) is 16.3. The van der Waals surface area contributed by atoms with Crippen molar-refractivity contribution in [3.05, 3.63) is 59.5 Å². The maximum atomic E-state index is 11.2. The Morgan fingerprint density at radius 2 is 2.18 bits per heavy atom. The van der Waals surface area contributed by atoms with E-state index in [1.807, 2.05) is 26.8 Å². The SMILES string of the molecule is C=CC=C1/C(=C(\C)c2noc(-c3ccc(OC(C)C)c(C#N)c3)n2)CC[C@H]1N1CC(C(=O)O)C1. The second-order valence-electron chi connectivity index (χ2n) is 8.92. The lowest BCUT2D eigenvalue weighted by molar-refractivity contribution is -0.148. The minimum atomic E-state index is -0.738. The Bertz CT molecular complexity index is 1210. The van der Waals surface area contributed by atoms with Crippen LogP contribution >= 0.6 is 0 Å². The molecule has 1 aliphatic carbocycles. The van der Waals surface area contributed by atoms with E-state index in [1.54, 1.807) is 24.3 Å². The van der Waals surface area contributed by atoms with Crippen LogP contribution in [-0.4, -0.2) is 51.4 Å². The third kappa shape index (κ3) is 4.52. The molecule has 0 bridgehead atoms. The van der Waals surface area contributed by atoms with Gasteiger partial charge in [0.05, 0.1) is 17.6 Å². The van der Waals surface area contributed by atoms with Crippen LogP contribution in [0, 0.1) is 17.2 Å². The van der Waals surface area contributed by atoms with Gasteiger partial charge in [-0.3, -0.25) is 9.69 Å². The Hall–Kier alpha value is -3.70. The minimum absolute atomic E-state index is 0.0402. The first-order valence-corrected chi connectivity index (χ1v) is 11.4. The average Bonchev–Trinajstić information content (AvgIpc) is 3.40. The van der Waals surface area contributed by atoms with Gasteiger partial charge < -0.3 is 14.4 Å². The summed E-state index contributed by atoms with van der Waals surface area (Å²) in [5.41, 5.74) is 4.24. The predicted octanol–water partition coefficient (Wildman–Crippen LogP) is 4.46. The summed E-state index contributed by atoms with van der Waals surface area (Å²) in [5.74, 6) is 0.311. The molecule has 1 N–H and O–H groups in total. The summed E-state index contributed by atoms with van der Waals surface area (Å²) in [6.07, 6.45) is 5.47. The van der Waals surface area contributed by atoms with Crippen molar-refractivity contribution >= 4 is 11.5 Å². The second kappa shape index (κ2) is 9.65. The molecule has 0 unspecified atom stereocenters. The molecule has 176 valence electrons. The third-order valence-electron chi connectivity index (χ3n) is 6.30. The fraction of sp³-hybridized carbons (Fsp3) is 0.385. The summed E-state index contributed by atoms with van der Waals surface area (Å²) in [4.78, 5) is 18.0. The monoisotopic (exact) mass is 460 g/mol. The first kappa shape index (κ1) is 23.5. The number of carboxylic acid groups (broad SMARTS) is 1. The molecule has 4 rings (SSSR count). The molecule has 1 atom stereocenters. The van der Waals surface area contributed by atoms with E-state index in [9.17, 15) is 15.2 Å². The zero-order valence-corrected chi connectivity index (χ0v) is 19.6. The van der Waals surface area contributed by atoms with Crippen molar-refractivity contribution in [2.24, 2.45) is 5.92 Å². The first-order valence-electron chi connectivity index (χ1n) is 11.4. The Morgan fingerprint density at radius 3 is 2.82 bits per heavy atom. The number of hydrogen-bond acceptors (Lipinski definition) is 7. The molecule has 1 aromatic carbocycles. The smallest absolute Gasteiger partial charge is 0.309 e. The van der Waals surface area contributed by atoms with Crippen molar-refractivity contribution in [2.45, 2.75) is 45.8 Å². The third-order valence-corrected chi connectivity index (χ3v) is 6.30. The molecule has 2 aliphatic rings. The fourth-order valence-corrected chi connectivity index (χ4v) is 4.56. The van der Waals surface area contributed by atoms with E-state index >= 15 is 0 Å². The van der Waals surface area contributed by atoms with E-state index in [1.165, 1.54) is 0 Å². The van der Waals surface area contributed by atoms with E-state index in [0.29, 0.717) is 41.7 Å². The Balaban J connectivity index is 1.59. The number of aliphatic carboxylic acids is 1. The summed E-state index contributed by atoms with van der Waals surface area (Å²) < 4.78 is 11.2. The molecular formula is C26H28N4O4. The lowest BCUT2D eigenvalue weighted by atomic mass is 9.94. The number of allylic oxidation sites excluding steroid dienone is 3. The van der Waals surface area contributed by atoms with E-state index < -0.39 is 5.97 Å². The highest BCUT2D eigenvalue weighted by Crippen LogP contribution is 2.41. The van der Waals surface area contributed by atoms with Gasteiger partial charge in [-0.25, -0.2) is 0 Å². The Morgan fingerprint density at radius 1 is 1.41 bits per heavy atom. The van der Waals surface area contributed by atoms with Crippen molar-refractivity contribution in [3.63, 3.8) is 0 Å². The molecule has 2 fully saturated rings. The highest BCUT2D eigenvalue weighted by atomic mass is 16.5. The van der Waals surface area contributed by atoms with Crippen LogP contribution in [0.2, 0.25) is 0 Å². The topological polar surface area (TPSA) is 112 Å². The molecule has 8 heteroatoms. The number of aromatic nitrogens is 2. The molecular weight excluding hydrogens is 432 g/mol. The molecule has 1 saturated heterocycles. The Labute approximate surface area is 198 Å². The lowest BCUT2D eigenvalue weighted by Crippen LogP contribution is -2.54. The number of carboxylic acids is 1. The number of hydrogen-bond donors (Lipinski definition) is 1.